The molecule has 4 nitrogen and oxygen atoms in total. The van der Waals surface area contributed by atoms with Crippen LogP contribution < -0.4 is 11.1 Å². The Morgan fingerprint density at radius 1 is 1.60 bits per heavy atom. The van der Waals surface area contributed by atoms with Gasteiger partial charge in [-0.25, -0.2) is 0 Å². The molecule has 0 saturated heterocycles. The van der Waals surface area contributed by atoms with Crippen LogP contribution in [0.1, 0.15) is 26.2 Å². The third-order valence-electron chi connectivity index (χ3n) is 1.95. The average Bonchev–Trinajstić information content (AvgIpc) is 2.23. The fraction of sp³-hybridized carbons (Fsp3) is 0.727. The molecule has 3 N–H and O–H groups in total. The average molecular weight is 214 g/mol. The van der Waals surface area contributed by atoms with Gasteiger partial charge in [0.05, 0.1) is 19.3 Å². The zero-order valence-corrected chi connectivity index (χ0v) is 9.50. The number of hydrogen-bond acceptors (Lipinski definition) is 3. The minimum Gasteiger partial charge on any atom is -0.379 e. The van der Waals surface area contributed by atoms with E-state index in [1.54, 1.807) is 6.08 Å². The molecule has 0 aliphatic rings. The van der Waals surface area contributed by atoms with E-state index in [1.165, 1.54) is 0 Å². The molecule has 4 heteroatoms. The Morgan fingerprint density at radius 2 is 2.33 bits per heavy atom. The lowest BCUT2D eigenvalue weighted by Crippen LogP contribution is -2.41. The zero-order chi connectivity index (χ0) is 11.5. The lowest BCUT2D eigenvalue weighted by atomic mass is 10.2. The van der Waals surface area contributed by atoms with Crippen molar-refractivity contribution < 1.29 is 9.53 Å². The van der Waals surface area contributed by atoms with Gasteiger partial charge < -0.3 is 15.8 Å². The number of rotatable bonds is 9. The largest absolute Gasteiger partial charge is 0.379 e. The third kappa shape index (κ3) is 8.15. The summed E-state index contributed by atoms with van der Waals surface area (Å²) >= 11 is 0. The molecule has 0 aliphatic carbocycles. The van der Waals surface area contributed by atoms with Gasteiger partial charge in [0.1, 0.15) is 0 Å². The van der Waals surface area contributed by atoms with E-state index in [2.05, 4.69) is 11.9 Å². The Balaban J connectivity index is 3.34. The first-order valence-electron chi connectivity index (χ1n) is 5.44. The highest BCUT2D eigenvalue weighted by atomic mass is 16.5. The predicted molar refractivity (Wildman–Crippen MR) is 61.5 cm³/mol. The summed E-state index contributed by atoms with van der Waals surface area (Å²) < 4.78 is 5.24. The molecule has 0 fully saturated rings. The van der Waals surface area contributed by atoms with Gasteiger partial charge in [-0.05, 0) is 12.8 Å². The maximum Gasteiger partial charge on any atom is 0.236 e. The standard InChI is InChI=1S/C11H22N2O2/c1-3-5-8-15-9-7-13-11(14)10(12)6-4-2/h3,10H,1,4-9,12H2,2H3,(H,13,14). The molecule has 0 radical (unpaired) electrons. The minimum absolute atomic E-state index is 0.0934. The highest BCUT2D eigenvalue weighted by Gasteiger charge is 2.10. The van der Waals surface area contributed by atoms with Gasteiger partial charge in [-0.1, -0.05) is 19.4 Å². The van der Waals surface area contributed by atoms with Crippen LogP contribution in [0.3, 0.4) is 0 Å². The second-order valence-corrected chi connectivity index (χ2v) is 3.38. The molecule has 0 bridgehead atoms. The SMILES string of the molecule is C=CCCOCCNC(=O)C(N)CCC. The van der Waals surface area contributed by atoms with Gasteiger partial charge in [-0.2, -0.15) is 0 Å². The Labute approximate surface area is 91.9 Å². The number of ether oxygens (including phenoxy) is 1. The third-order valence-corrected chi connectivity index (χ3v) is 1.95. The molecule has 0 aromatic rings. The molecule has 0 heterocycles. The smallest absolute Gasteiger partial charge is 0.236 e. The number of carbonyl (C=O) groups is 1. The second-order valence-electron chi connectivity index (χ2n) is 3.38. The van der Waals surface area contributed by atoms with E-state index in [0.717, 1.165) is 19.3 Å². The normalized spacial score (nSPS) is 12.1. The summed E-state index contributed by atoms with van der Waals surface area (Å²) in [5, 5.41) is 2.73. The quantitative estimate of drug-likeness (QED) is 0.441. The van der Waals surface area contributed by atoms with E-state index in [4.69, 9.17) is 10.5 Å². The summed E-state index contributed by atoms with van der Waals surface area (Å²) in [5.41, 5.74) is 5.62. The fourth-order valence-corrected chi connectivity index (χ4v) is 1.09. The highest BCUT2D eigenvalue weighted by Crippen LogP contribution is 1.92. The van der Waals surface area contributed by atoms with E-state index in [9.17, 15) is 4.79 Å². The maximum absolute atomic E-state index is 11.3. The Bertz CT molecular complexity index is 183. The van der Waals surface area contributed by atoms with Gasteiger partial charge >= 0.3 is 0 Å². The first-order chi connectivity index (χ1) is 7.22. The minimum atomic E-state index is -0.386. The topological polar surface area (TPSA) is 64.3 Å². The summed E-state index contributed by atoms with van der Waals surface area (Å²) in [4.78, 5) is 11.3. The van der Waals surface area contributed by atoms with Gasteiger partial charge in [0, 0.05) is 6.54 Å². The monoisotopic (exact) mass is 214 g/mol. The van der Waals surface area contributed by atoms with Crippen molar-refractivity contribution in [3.8, 4) is 0 Å². The lowest BCUT2D eigenvalue weighted by molar-refractivity contribution is -0.122. The molecule has 0 aromatic carbocycles. The van der Waals surface area contributed by atoms with Gasteiger partial charge in [-0.3, -0.25) is 4.79 Å². The van der Waals surface area contributed by atoms with Crippen LogP contribution in [0.5, 0.6) is 0 Å². The summed E-state index contributed by atoms with van der Waals surface area (Å²) in [5.74, 6) is -0.0934. The molecular formula is C11H22N2O2. The van der Waals surface area contributed by atoms with Crippen molar-refractivity contribution in [1.82, 2.24) is 5.32 Å². The Hall–Kier alpha value is -0.870. The molecule has 0 aromatic heterocycles. The van der Waals surface area contributed by atoms with Crippen molar-refractivity contribution >= 4 is 5.91 Å². The Morgan fingerprint density at radius 3 is 2.93 bits per heavy atom. The maximum atomic E-state index is 11.3. The number of amides is 1. The molecule has 15 heavy (non-hydrogen) atoms. The van der Waals surface area contributed by atoms with Crippen molar-refractivity contribution in [2.45, 2.75) is 32.2 Å². The van der Waals surface area contributed by atoms with Gasteiger partial charge in [0.15, 0.2) is 0 Å². The Kier molecular flexibility index (Phi) is 9.11. The van der Waals surface area contributed by atoms with Crippen LogP contribution >= 0.6 is 0 Å². The van der Waals surface area contributed by atoms with Crippen LogP contribution in [-0.4, -0.2) is 31.7 Å². The molecule has 0 saturated carbocycles. The first kappa shape index (κ1) is 14.1. The summed E-state index contributed by atoms with van der Waals surface area (Å²) in [6.45, 7) is 7.29. The van der Waals surface area contributed by atoms with Crippen molar-refractivity contribution in [3.05, 3.63) is 12.7 Å². The van der Waals surface area contributed by atoms with Crippen molar-refractivity contribution in [1.29, 1.82) is 0 Å². The van der Waals surface area contributed by atoms with Gasteiger partial charge in [0.25, 0.3) is 0 Å². The van der Waals surface area contributed by atoms with Gasteiger partial charge in [0.2, 0.25) is 5.91 Å². The van der Waals surface area contributed by atoms with E-state index in [1.807, 2.05) is 6.92 Å². The number of carbonyl (C=O) groups excluding carboxylic acids is 1. The highest BCUT2D eigenvalue weighted by molar-refractivity contribution is 5.81. The molecule has 1 atom stereocenters. The zero-order valence-electron chi connectivity index (χ0n) is 9.50. The van der Waals surface area contributed by atoms with Gasteiger partial charge in [-0.15, -0.1) is 6.58 Å². The summed E-state index contributed by atoms with van der Waals surface area (Å²) in [6, 6.07) is -0.386. The lowest BCUT2D eigenvalue weighted by Gasteiger charge is -2.10. The van der Waals surface area contributed by atoms with Crippen molar-refractivity contribution in [2.75, 3.05) is 19.8 Å². The van der Waals surface area contributed by atoms with E-state index in [0.29, 0.717) is 19.8 Å². The summed E-state index contributed by atoms with van der Waals surface area (Å²) in [6.07, 6.45) is 4.28. The van der Waals surface area contributed by atoms with Crippen molar-refractivity contribution in [2.24, 2.45) is 5.73 Å². The van der Waals surface area contributed by atoms with Crippen LogP contribution in [0.15, 0.2) is 12.7 Å². The van der Waals surface area contributed by atoms with Crippen LogP contribution in [-0.2, 0) is 9.53 Å². The van der Waals surface area contributed by atoms with Crippen LogP contribution in [0, 0.1) is 0 Å². The number of nitrogens with one attached hydrogen (secondary N) is 1. The van der Waals surface area contributed by atoms with Crippen LogP contribution in [0.4, 0.5) is 0 Å². The van der Waals surface area contributed by atoms with Crippen LogP contribution in [0.2, 0.25) is 0 Å². The van der Waals surface area contributed by atoms with Crippen LogP contribution in [0.25, 0.3) is 0 Å². The summed E-state index contributed by atoms with van der Waals surface area (Å²) in [7, 11) is 0. The molecule has 0 aliphatic heterocycles. The van der Waals surface area contributed by atoms with Crippen molar-refractivity contribution in [3.63, 3.8) is 0 Å². The first-order valence-corrected chi connectivity index (χ1v) is 5.44. The number of hydrogen-bond donors (Lipinski definition) is 2. The van der Waals surface area contributed by atoms with E-state index in [-0.39, 0.29) is 11.9 Å². The molecule has 0 rings (SSSR count). The van der Waals surface area contributed by atoms with E-state index >= 15 is 0 Å². The molecule has 0 spiro atoms. The second kappa shape index (κ2) is 9.68. The molecule has 1 amide bonds. The predicted octanol–water partition coefficient (Wildman–Crippen LogP) is 0.823. The molecule has 1 unspecified atom stereocenters. The number of nitrogens with two attached hydrogens (primary N) is 1. The molecular weight excluding hydrogens is 192 g/mol. The van der Waals surface area contributed by atoms with E-state index < -0.39 is 0 Å². The molecule has 88 valence electrons. The fourth-order valence-electron chi connectivity index (χ4n) is 1.09.